The summed E-state index contributed by atoms with van der Waals surface area (Å²) in [5, 5.41) is 3.04. The Hall–Kier alpha value is -2.30. The topological polar surface area (TPSA) is 64.6 Å². The van der Waals surface area contributed by atoms with Crippen LogP contribution in [-0.2, 0) is 9.59 Å². The van der Waals surface area contributed by atoms with Crippen LogP contribution in [-0.4, -0.2) is 25.0 Å². The molecule has 1 amide bonds. The maximum Gasteiger partial charge on any atom is 0.308 e. The zero-order chi connectivity index (χ0) is 17.5. The molecule has 1 N–H and O–H groups in total. The first-order valence-electron chi connectivity index (χ1n) is 8.33. The fourth-order valence-electron chi connectivity index (χ4n) is 2.86. The Bertz CT molecular complexity index is 616. The van der Waals surface area contributed by atoms with Crippen molar-refractivity contribution in [2.75, 3.05) is 7.11 Å². The number of rotatable bonds is 5. The molecule has 0 bridgehead atoms. The summed E-state index contributed by atoms with van der Waals surface area (Å²) in [5.41, 5.74) is 0.763. The van der Waals surface area contributed by atoms with Crippen molar-refractivity contribution in [3.8, 4) is 11.5 Å². The first-order valence-corrected chi connectivity index (χ1v) is 8.33. The highest BCUT2D eigenvalue weighted by molar-refractivity contribution is 5.92. The monoisotopic (exact) mass is 331 g/mol. The second-order valence-corrected chi connectivity index (χ2v) is 6.30. The van der Waals surface area contributed by atoms with Crippen molar-refractivity contribution in [1.29, 1.82) is 0 Å². The van der Waals surface area contributed by atoms with E-state index in [0.29, 0.717) is 11.5 Å². The molecule has 0 heterocycles. The second kappa shape index (κ2) is 8.52. The van der Waals surface area contributed by atoms with E-state index in [0.717, 1.165) is 24.3 Å². The Kier molecular flexibility index (Phi) is 6.41. The smallest absolute Gasteiger partial charge is 0.308 e. The lowest BCUT2D eigenvalue weighted by atomic mass is 9.87. The Morgan fingerprint density at radius 1 is 1.17 bits per heavy atom. The third-order valence-corrected chi connectivity index (χ3v) is 4.23. The zero-order valence-corrected chi connectivity index (χ0v) is 14.5. The molecule has 0 aliphatic heterocycles. The van der Waals surface area contributed by atoms with Gasteiger partial charge in [-0.25, -0.2) is 0 Å². The van der Waals surface area contributed by atoms with Gasteiger partial charge in [-0.3, -0.25) is 9.59 Å². The molecule has 1 aliphatic carbocycles. The minimum atomic E-state index is -0.418. The van der Waals surface area contributed by atoms with Crippen molar-refractivity contribution >= 4 is 18.0 Å². The first kappa shape index (κ1) is 18.0. The molecule has 1 saturated carbocycles. The molecule has 24 heavy (non-hydrogen) atoms. The van der Waals surface area contributed by atoms with Crippen LogP contribution in [0.15, 0.2) is 24.3 Å². The highest BCUT2D eigenvalue weighted by atomic mass is 16.6. The molecule has 0 saturated heterocycles. The summed E-state index contributed by atoms with van der Waals surface area (Å²) >= 11 is 0. The maximum absolute atomic E-state index is 12.0. The van der Waals surface area contributed by atoms with Crippen LogP contribution in [0.3, 0.4) is 0 Å². The molecule has 0 unspecified atom stereocenters. The first-order chi connectivity index (χ1) is 11.5. The summed E-state index contributed by atoms with van der Waals surface area (Å²) in [6.45, 7) is 3.59. The summed E-state index contributed by atoms with van der Waals surface area (Å²) < 4.78 is 10.3. The van der Waals surface area contributed by atoms with E-state index in [1.807, 2.05) is 0 Å². The van der Waals surface area contributed by atoms with E-state index in [1.165, 1.54) is 33.0 Å². The van der Waals surface area contributed by atoms with Crippen LogP contribution in [0.4, 0.5) is 0 Å². The summed E-state index contributed by atoms with van der Waals surface area (Å²) in [4.78, 5) is 23.2. The van der Waals surface area contributed by atoms with Crippen LogP contribution < -0.4 is 14.8 Å². The Balaban J connectivity index is 1.97. The van der Waals surface area contributed by atoms with E-state index in [4.69, 9.17) is 9.47 Å². The van der Waals surface area contributed by atoms with Crippen LogP contribution in [0.1, 0.15) is 45.1 Å². The number of hydrogen-bond donors (Lipinski definition) is 1. The molecule has 1 fully saturated rings. The number of methoxy groups -OCH3 is 1. The molecule has 0 aromatic heterocycles. The van der Waals surface area contributed by atoms with Gasteiger partial charge in [0.05, 0.1) is 7.11 Å². The lowest BCUT2D eigenvalue weighted by Gasteiger charge is -2.26. The quantitative estimate of drug-likeness (QED) is 0.511. The number of amides is 1. The number of carbonyl (C=O) groups excluding carboxylic acids is 2. The molecular formula is C19H25NO4. The standard InChI is InChI=1S/C19H25NO4/c1-13-4-8-16(9-5-13)20-19(22)11-7-15-6-10-17(23-3)18(12-15)24-14(2)21/h6-7,10-13,16H,4-5,8-9H2,1-3H3,(H,20,22). The van der Waals surface area contributed by atoms with E-state index in [9.17, 15) is 9.59 Å². The van der Waals surface area contributed by atoms with E-state index in [2.05, 4.69) is 12.2 Å². The van der Waals surface area contributed by atoms with Crippen molar-refractivity contribution in [2.45, 2.75) is 45.6 Å². The fourth-order valence-corrected chi connectivity index (χ4v) is 2.86. The summed E-state index contributed by atoms with van der Waals surface area (Å²) in [6.07, 6.45) is 7.63. The van der Waals surface area contributed by atoms with Gasteiger partial charge in [0.15, 0.2) is 11.5 Å². The predicted octanol–water partition coefficient (Wildman–Crippen LogP) is 3.33. The van der Waals surface area contributed by atoms with Crippen LogP contribution in [0.5, 0.6) is 11.5 Å². The van der Waals surface area contributed by atoms with Crippen molar-refractivity contribution < 1.29 is 19.1 Å². The average Bonchev–Trinajstić information content (AvgIpc) is 2.55. The lowest BCUT2D eigenvalue weighted by Crippen LogP contribution is -2.36. The van der Waals surface area contributed by atoms with E-state index >= 15 is 0 Å². The third kappa shape index (κ3) is 5.41. The van der Waals surface area contributed by atoms with Gasteiger partial charge >= 0.3 is 5.97 Å². The van der Waals surface area contributed by atoms with E-state index in [1.54, 1.807) is 24.3 Å². The lowest BCUT2D eigenvalue weighted by molar-refractivity contribution is -0.132. The summed E-state index contributed by atoms with van der Waals surface area (Å²) in [6, 6.07) is 5.45. The van der Waals surface area contributed by atoms with Gasteiger partial charge in [0.25, 0.3) is 0 Å². The molecule has 130 valence electrons. The van der Waals surface area contributed by atoms with Crippen molar-refractivity contribution in [2.24, 2.45) is 5.92 Å². The maximum atomic E-state index is 12.0. The zero-order valence-electron chi connectivity index (χ0n) is 14.5. The Morgan fingerprint density at radius 3 is 2.50 bits per heavy atom. The SMILES string of the molecule is COc1ccc(C=CC(=O)NC2CCC(C)CC2)cc1OC(C)=O. The van der Waals surface area contributed by atoms with Crippen LogP contribution in [0.2, 0.25) is 0 Å². The van der Waals surface area contributed by atoms with Crippen LogP contribution >= 0.6 is 0 Å². The molecular weight excluding hydrogens is 306 g/mol. The van der Waals surface area contributed by atoms with E-state index < -0.39 is 5.97 Å². The van der Waals surface area contributed by atoms with Gasteiger partial charge in [0.2, 0.25) is 5.91 Å². The van der Waals surface area contributed by atoms with Gasteiger partial charge in [0, 0.05) is 19.0 Å². The summed E-state index contributed by atoms with van der Waals surface area (Å²) in [7, 11) is 1.51. The van der Waals surface area contributed by atoms with Gasteiger partial charge in [-0.2, -0.15) is 0 Å². The van der Waals surface area contributed by atoms with E-state index in [-0.39, 0.29) is 11.9 Å². The highest BCUT2D eigenvalue weighted by Gasteiger charge is 2.18. The van der Waals surface area contributed by atoms with Gasteiger partial charge in [0.1, 0.15) is 0 Å². The number of ether oxygens (including phenoxy) is 2. The van der Waals surface area contributed by atoms with Gasteiger partial charge in [-0.1, -0.05) is 13.0 Å². The molecule has 0 spiro atoms. The van der Waals surface area contributed by atoms with Crippen LogP contribution in [0.25, 0.3) is 6.08 Å². The molecule has 5 nitrogen and oxygen atoms in total. The molecule has 1 aliphatic rings. The molecule has 1 aromatic rings. The van der Waals surface area contributed by atoms with Crippen LogP contribution in [0, 0.1) is 5.92 Å². The molecule has 5 heteroatoms. The van der Waals surface area contributed by atoms with Gasteiger partial charge in [-0.15, -0.1) is 0 Å². The molecule has 0 atom stereocenters. The van der Waals surface area contributed by atoms with Gasteiger partial charge in [-0.05, 0) is 55.4 Å². The minimum Gasteiger partial charge on any atom is -0.493 e. The number of nitrogens with one attached hydrogen (secondary N) is 1. The van der Waals surface area contributed by atoms with Crippen molar-refractivity contribution in [1.82, 2.24) is 5.32 Å². The molecule has 1 aromatic carbocycles. The largest absolute Gasteiger partial charge is 0.493 e. The Labute approximate surface area is 143 Å². The average molecular weight is 331 g/mol. The minimum absolute atomic E-state index is 0.0978. The predicted molar refractivity (Wildman–Crippen MR) is 92.9 cm³/mol. The van der Waals surface area contributed by atoms with Gasteiger partial charge < -0.3 is 14.8 Å². The number of benzene rings is 1. The number of carbonyl (C=O) groups is 2. The van der Waals surface area contributed by atoms with Crippen molar-refractivity contribution in [3.05, 3.63) is 29.8 Å². The summed E-state index contributed by atoms with van der Waals surface area (Å²) in [5.74, 6) is 1.06. The normalized spacial score (nSPS) is 20.6. The molecule has 2 rings (SSSR count). The van der Waals surface area contributed by atoms with Crippen molar-refractivity contribution in [3.63, 3.8) is 0 Å². The second-order valence-electron chi connectivity index (χ2n) is 6.30. The third-order valence-electron chi connectivity index (χ3n) is 4.23. The highest BCUT2D eigenvalue weighted by Crippen LogP contribution is 2.28. The Morgan fingerprint density at radius 2 is 1.88 bits per heavy atom. The molecule has 0 radical (unpaired) electrons. The number of esters is 1. The fraction of sp³-hybridized carbons (Fsp3) is 0.474. The number of hydrogen-bond acceptors (Lipinski definition) is 4.